The van der Waals surface area contributed by atoms with E-state index < -0.39 is 0 Å². The third kappa shape index (κ3) is 2.91. The lowest BCUT2D eigenvalue weighted by Crippen LogP contribution is -2.51. The fourth-order valence-corrected chi connectivity index (χ4v) is 3.95. The molecule has 1 aromatic rings. The topological polar surface area (TPSA) is 29.1 Å². The molecule has 0 saturated heterocycles. The van der Waals surface area contributed by atoms with Crippen molar-refractivity contribution in [2.45, 2.75) is 44.6 Å². The molecule has 1 aromatic heterocycles. The number of halogens is 1. The molecule has 2 nitrogen and oxygen atoms in total. The van der Waals surface area contributed by atoms with Crippen LogP contribution in [0.25, 0.3) is 0 Å². The van der Waals surface area contributed by atoms with Crippen molar-refractivity contribution in [3.05, 3.63) is 21.9 Å². The fourth-order valence-electron chi connectivity index (χ4n) is 2.42. The van der Waals surface area contributed by atoms with E-state index in [2.05, 4.69) is 21.2 Å². The van der Waals surface area contributed by atoms with E-state index >= 15 is 0 Å². The molecule has 0 atom stereocenters. The second kappa shape index (κ2) is 5.53. The molecule has 1 heterocycles. The van der Waals surface area contributed by atoms with Crippen molar-refractivity contribution in [1.29, 1.82) is 0 Å². The lowest BCUT2D eigenvalue weighted by Gasteiger charge is -2.36. The average Bonchev–Trinajstić information content (AvgIpc) is 2.77. The van der Waals surface area contributed by atoms with Gasteiger partial charge < -0.3 is 5.32 Å². The highest BCUT2D eigenvalue weighted by molar-refractivity contribution is 9.09. The second-order valence-corrected chi connectivity index (χ2v) is 6.20. The lowest BCUT2D eigenvalue weighted by molar-refractivity contribution is 0.0886. The Balaban J connectivity index is 2.08. The molecule has 4 heteroatoms. The molecular weight excluding hydrogens is 298 g/mol. The zero-order valence-electron chi connectivity index (χ0n) is 10.1. The highest BCUT2D eigenvalue weighted by Gasteiger charge is 2.32. The number of aryl methyl sites for hydroxylation is 1. The van der Waals surface area contributed by atoms with Gasteiger partial charge in [0.05, 0.1) is 11.1 Å². The van der Waals surface area contributed by atoms with Gasteiger partial charge in [-0.3, -0.25) is 4.79 Å². The van der Waals surface area contributed by atoms with Crippen molar-refractivity contribution < 1.29 is 4.79 Å². The highest BCUT2D eigenvalue weighted by Crippen LogP contribution is 2.30. The van der Waals surface area contributed by atoms with E-state index in [1.807, 2.05) is 17.7 Å². The van der Waals surface area contributed by atoms with Gasteiger partial charge in [-0.1, -0.05) is 35.2 Å². The summed E-state index contributed by atoms with van der Waals surface area (Å²) >= 11 is 5.16. The van der Waals surface area contributed by atoms with Crippen LogP contribution in [0, 0.1) is 6.92 Å². The summed E-state index contributed by atoms with van der Waals surface area (Å²) in [5, 5.41) is 8.07. The Morgan fingerprint density at radius 3 is 2.65 bits per heavy atom. The third-order valence-corrected chi connectivity index (χ3v) is 5.48. The zero-order valence-corrected chi connectivity index (χ0v) is 12.5. The number of carbonyl (C=O) groups is 1. The van der Waals surface area contributed by atoms with Gasteiger partial charge in [0.2, 0.25) is 0 Å². The summed E-state index contributed by atoms with van der Waals surface area (Å²) in [6, 6.07) is 0. The predicted molar refractivity (Wildman–Crippen MR) is 76.1 cm³/mol. The molecule has 1 aliphatic rings. The highest BCUT2D eigenvalue weighted by atomic mass is 79.9. The third-order valence-electron chi connectivity index (χ3n) is 3.55. The molecule has 0 unspecified atom stereocenters. The Kier molecular flexibility index (Phi) is 4.26. The molecule has 0 aliphatic heterocycles. The van der Waals surface area contributed by atoms with E-state index in [1.165, 1.54) is 19.3 Å². The Morgan fingerprint density at radius 2 is 2.12 bits per heavy atom. The van der Waals surface area contributed by atoms with Crippen LogP contribution >= 0.6 is 27.3 Å². The number of amides is 1. The molecule has 0 bridgehead atoms. The molecule has 0 aromatic carbocycles. The van der Waals surface area contributed by atoms with E-state index in [-0.39, 0.29) is 11.4 Å². The average molecular weight is 316 g/mol. The normalized spacial score (nSPS) is 18.9. The van der Waals surface area contributed by atoms with Crippen LogP contribution in [0.5, 0.6) is 0 Å². The van der Waals surface area contributed by atoms with Crippen LogP contribution in [0.15, 0.2) is 10.8 Å². The number of hydrogen-bond donors (Lipinski definition) is 1. The summed E-state index contributed by atoms with van der Waals surface area (Å²) in [5.41, 5.74) is 1.89. The minimum absolute atomic E-state index is 0.0241. The van der Waals surface area contributed by atoms with E-state index in [9.17, 15) is 4.79 Å². The van der Waals surface area contributed by atoms with Gasteiger partial charge in [0.25, 0.3) is 5.91 Å². The van der Waals surface area contributed by atoms with Crippen LogP contribution in [0.4, 0.5) is 0 Å². The van der Waals surface area contributed by atoms with Gasteiger partial charge in [-0.05, 0) is 30.7 Å². The number of thiophene rings is 1. The van der Waals surface area contributed by atoms with Crippen LogP contribution in [-0.4, -0.2) is 16.8 Å². The van der Waals surface area contributed by atoms with Crippen molar-refractivity contribution in [2.24, 2.45) is 0 Å². The number of rotatable bonds is 3. The van der Waals surface area contributed by atoms with Crippen molar-refractivity contribution in [1.82, 2.24) is 5.32 Å². The first kappa shape index (κ1) is 13.1. The summed E-state index contributed by atoms with van der Waals surface area (Å²) < 4.78 is 0. The summed E-state index contributed by atoms with van der Waals surface area (Å²) in [6.45, 7) is 1.99. The SMILES string of the molecule is Cc1cscc1C(=O)NC1(CBr)CCCCC1. The number of carbonyl (C=O) groups excluding carboxylic acids is 1. The molecule has 1 aliphatic carbocycles. The Labute approximate surface area is 115 Å². The lowest BCUT2D eigenvalue weighted by atomic mass is 9.83. The van der Waals surface area contributed by atoms with Gasteiger partial charge in [0.15, 0.2) is 0 Å². The number of hydrogen-bond acceptors (Lipinski definition) is 2. The van der Waals surface area contributed by atoms with Crippen LogP contribution in [0.2, 0.25) is 0 Å². The van der Waals surface area contributed by atoms with Crippen molar-refractivity contribution in [3.63, 3.8) is 0 Å². The smallest absolute Gasteiger partial charge is 0.252 e. The number of alkyl halides is 1. The molecule has 1 saturated carbocycles. The molecule has 94 valence electrons. The van der Waals surface area contributed by atoms with E-state index in [1.54, 1.807) is 11.3 Å². The Hall–Kier alpha value is -0.350. The maximum Gasteiger partial charge on any atom is 0.252 e. The van der Waals surface area contributed by atoms with E-state index in [0.29, 0.717) is 0 Å². The zero-order chi connectivity index (χ0) is 12.3. The van der Waals surface area contributed by atoms with Crippen LogP contribution < -0.4 is 5.32 Å². The summed E-state index contributed by atoms with van der Waals surface area (Å²) in [6.07, 6.45) is 5.91. The first-order valence-corrected chi connectivity index (χ1v) is 8.15. The number of nitrogens with one attached hydrogen (secondary N) is 1. The molecule has 1 N–H and O–H groups in total. The maximum atomic E-state index is 12.2. The van der Waals surface area contributed by atoms with Gasteiger partial charge in [-0.25, -0.2) is 0 Å². The first-order valence-electron chi connectivity index (χ1n) is 6.08. The van der Waals surface area contributed by atoms with Crippen LogP contribution in [0.3, 0.4) is 0 Å². The monoisotopic (exact) mass is 315 g/mol. The van der Waals surface area contributed by atoms with Crippen molar-refractivity contribution in [3.8, 4) is 0 Å². The molecule has 17 heavy (non-hydrogen) atoms. The quantitative estimate of drug-likeness (QED) is 0.842. The standard InChI is InChI=1S/C13H18BrNOS/c1-10-7-17-8-11(10)12(16)15-13(9-14)5-3-2-4-6-13/h7-8H,2-6,9H2,1H3,(H,15,16). The summed E-state index contributed by atoms with van der Waals surface area (Å²) in [7, 11) is 0. The van der Waals surface area contributed by atoms with Gasteiger partial charge in [0.1, 0.15) is 0 Å². The van der Waals surface area contributed by atoms with Gasteiger partial charge in [-0.2, -0.15) is 11.3 Å². The first-order chi connectivity index (χ1) is 8.17. The fraction of sp³-hybridized carbons (Fsp3) is 0.615. The van der Waals surface area contributed by atoms with Crippen molar-refractivity contribution in [2.75, 3.05) is 5.33 Å². The minimum Gasteiger partial charge on any atom is -0.346 e. The van der Waals surface area contributed by atoms with Crippen LogP contribution in [0.1, 0.15) is 48.0 Å². The Bertz CT molecular complexity index is 396. The van der Waals surface area contributed by atoms with Crippen LogP contribution in [-0.2, 0) is 0 Å². The molecular formula is C13H18BrNOS. The predicted octanol–water partition coefficient (Wildman–Crippen LogP) is 3.88. The Morgan fingerprint density at radius 1 is 1.41 bits per heavy atom. The van der Waals surface area contributed by atoms with Crippen molar-refractivity contribution >= 4 is 33.2 Å². The second-order valence-electron chi connectivity index (χ2n) is 4.90. The molecule has 1 fully saturated rings. The summed E-state index contributed by atoms with van der Waals surface area (Å²) in [4.78, 5) is 12.2. The molecule has 0 radical (unpaired) electrons. The van der Waals surface area contributed by atoms with E-state index in [0.717, 1.165) is 29.3 Å². The minimum atomic E-state index is -0.0241. The molecule has 0 spiro atoms. The van der Waals surface area contributed by atoms with E-state index in [4.69, 9.17) is 0 Å². The largest absolute Gasteiger partial charge is 0.346 e. The van der Waals surface area contributed by atoms with Gasteiger partial charge in [0, 0.05) is 10.7 Å². The molecule has 1 amide bonds. The van der Waals surface area contributed by atoms with Gasteiger partial charge >= 0.3 is 0 Å². The molecule has 2 rings (SSSR count). The maximum absolute atomic E-state index is 12.2. The van der Waals surface area contributed by atoms with Gasteiger partial charge in [-0.15, -0.1) is 0 Å². The summed E-state index contributed by atoms with van der Waals surface area (Å²) in [5.74, 6) is 0.0881.